The molecular formula is C20H14BrNO3. The molecule has 0 atom stereocenters. The number of carbonyl (C=O) groups excluding carboxylic acids is 2. The fourth-order valence-corrected chi connectivity index (χ4v) is 2.67. The molecule has 124 valence electrons. The molecule has 0 aliphatic carbocycles. The highest BCUT2D eigenvalue weighted by molar-refractivity contribution is 9.10. The number of ether oxygens (including phenoxy) is 1. The minimum absolute atomic E-state index is 0.264. The van der Waals surface area contributed by atoms with Crippen molar-refractivity contribution in [2.75, 3.05) is 5.32 Å². The van der Waals surface area contributed by atoms with Crippen LogP contribution in [0, 0.1) is 0 Å². The molecule has 0 bridgehead atoms. The fourth-order valence-electron chi connectivity index (χ4n) is 2.22. The van der Waals surface area contributed by atoms with Gasteiger partial charge >= 0.3 is 5.97 Å². The normalized spacial score (nSPS) is 10.1. The van der Waals surface area contributed by atoms with Crippen molar-refractivity contribution in [3.05, 3.63) is 94.5 Å². The summed E-state index contributed by atoms with van der Waals surface area (Å²) in [6.07, 6.45) is 0. The van der Waals surface area contributed by atoms with Crippen molar-refractivity contribution in [1.29, 1.82) is 0 Å². The maximum atomic E-state index is 12.4. The van der Waals surface area contributed by atoms with Gasteiger partial charge in [0.25, 0.3) is 5.91 Å². The van der Waals surface area contributed by atoms with Gasteiger partial charge < -0.3 is 10.1 Å². The van der Waals surface area contributed by atoms with Crippen LogP contribution in [0.5, 0.6) is 5.75 Å². The number of amides is 1. The van der Waals surface area contributed by atoms with Gasteiger partial charge in [-0.25, -0.2) is 4.79 Å². The molecule has 0 saturated heterocycles. The second-order valence-corrected chi connectivity index (χ2v) is 6.05. The number of rotatable bonds is 4. The molecule has 0 fully saturated rings. The molecule has 0 aliphatic rings. The number of para-hydroxylation sites is 1. The second-order valence-electron chi connectivity index (χ2n) is 5.19. The molecule has 1 amide bonds. The van der Waals surface area contributed by atoms with Crippen LogP contribution in [-0.2, 0) is 0 Å². The van der Waals surface area contributed by atoms with Gasteiger partial charge in [0.05, 0.1) is 15.7 Å². The molecule has 0 aliphatic heterocycles. The molecule has 0 aromatic heterocycles. The van der Waals surface area contributed by atoms with Crippen molar-refractivity contribution in [2.24, 2.45) is 0 Å². The summed E-state index contributed by atoms with van der Waals surface area (Å²) in [5.41, 5.74) is 1.36. The van der Waals surface area contributed by atoms with Crippen LogP contribution >= 0.6 is 15.9 Å². The molecule has 5 heteroatoms. The molecule has 4 nitrogen and oxygen atoms in total. The molecule has 3 aromatic carbocycles. The molecule has 0 heterocycles. The first-order chi connectivity index (χ1) is 12.1. The van der Waals surface area contributed by atoms with E-state index in [9.17, 15) is 9.59 Å². The lowest BCUT2D eigenvalue weighted by molar-refractivity contribution is 0.0733. The molecule has 0 spiro atoms. The maximum absolute atomic E-state index is 12.4. The summed E-state index contributed by atoms with van der Waals surface area (Å²) < 4.78 is 6.07. The van der Waals surface area contributed by atoms with Crippen LogP contribution in [0.25, 0.3) is 0 Å². The van der Waals surface area contributed by atoms with E-state index >= 15 is 0 Å². The van der Waals surface area contributed by atoms with Crippen LogP contribution in [0.15, 0.2) is 83.3 Å². The quantitative estimate of drug-likeness (QED) is 0.503. The lowest BCUT2D eigenvalue weighted by atomic mass is 10.2. The van der Waals surface area contributed by atoms with E-state index in [0.29, 0.717) is 21.3 Å². The second kappa shape index (κ2) is 7.77. The van der Waals surface area contributed by atoms with Crippen molar-refractivity contribution in [2.45, 2.75) is 0 Å². The van der Waals surface area contributed by atoms with Crippen LogP contribution in [0.3, 0.4) is 0 Å². The standard InChI is InChI=1S/C20H14BrNO3/c21-16-12-7-13-17(22-19(23)14-8-3-1-4-9-14)18(16)25-20(24)15-10-5-2-6-11-15/h1-13H,(H,22,23). The number of carbonyl (C=O) groups is 2. The molecule has 0 unspecified atom stereocenters. The first-order valence-corrected chi connectivity index (χ1v) is 8.36. The highest BCUT2D eigenvalue weighted by Gasteiger charge is 2.16. The Labute approximate surface area is 153 Å². The predicted octanol–water partition coefficient (Wildman–Crippen LogP) is 4.92. The van der Waals surface area contributed by atoms with Crippen molar-refractivity contribution in [1.82, 2.24) is 0 Å². The summed E-state index contributed by atoms with van der Waals surface area (Å²) in [6, 6.07) is 22.7. The van der Waals surface area contributed by atoms with Crippen molar-refractivity contribution >= 4 is 33.5 Å². The van der Waals surface area contributed by atoms with Gasteiger partial charge in [0.2, 0.25) is 0 Å². The van der Waals surface area contributed by atoms with E-state index < -0.39 is 5.97 Å². The maximum Gasteiger partial charge on any atom is 0.343 e. The third kappa shape index (κ3) is 4.14. The van der Waals surface area contributed by atoms with Crippen LogP contribution in [0.2, 0.25) is 0 Å². The van der Waals surface area contributed by atoms with Crippen molar-refractivity contribution in [3.63, 3.8) is 0 Å². The van der Waals surface area contributed by atoms with E-state index in [1.165, 1.54) is 0 Å². The Hall–Kier alpha value is -2.92. The van der Waals surface area contributed by atoms with Gasteiger partial charge in [-0.3, -0.25) is 4.79 Å². The van der Waals surface area contributed by atoms with Gasteiger partial charge in [-0.2, -0.15) is 0 Å². The van der Waals surface area contributed by atoms with Gasteiger partial charge in [-0.05, 0) is 52.3 Å². The minimum atomic E-state index is -0.497. The monoisotopic (exact) mass is 395 g/mol. The van der Waals surface area contributed by atoms with Crippen LogP contribution in [-0.4, -0.2) is 11.9 Å². The van der Waals surface area contributed by atoms with E-state index in [1.54, 1.807) is 66.7 Å². The SMILES string of the molecule is O=C(Nc1cccc(Br)c1OC(=O)c1ccccc1)c1ccccc1. The first-order valence-electron chi connectivity index (χ1n) is 7.57. The number of halogens is 1. The Bertz CT molecular complexity index is 895. The smallest absolute Gasteiger partial charge is 0.343 e. The Balaban J connectivity index is 1.85. The average molecular weight is 396 g/mol. The molecule has 1 N–H and O–H groups in total. The lowest BCUT2D eigenvalue weighted by Crippen LogP contribution is -2.15. The van der Waals surface area contributed by atoms with Gasteiger partial charge in [-0.15, -0.1) is 0 Å². The topological polar surface area (TPSA) is 55.4 Å². The van der Waals surface area contributed by atoms with Gasteiger partial charge in [-0.1, -0.05) is 42.5 Å². The van der Waals surface area contributed by atoms with Gasteiger partial charge in [0, 0.05) is 5.56 Å². The summed E-state index contributed by atoms with van der Waals surface area (Å²) in [5, 5.41) is 2.78. The van der Waals surface area contributed by atoms with Crippen molar-refractivity contribution in [3.8, 4) is 5.75 Å². The minimum Gasteiger partial charge on any atom is -0.419 e. The largest absolute Gasteiger partial charge is 0.419 e. The number of hydrogen-bond acceptors (Lipinski definition) is 3. The van der Waals surface area contributed by atoms with E-state index in [1.807, 2.05) is 12.1 Å². The van der Waals surface area contributed by atoms with Crippen LogP contribution in [0.4, 0.5) is 5.69 Å². The Morgan fingerprint density at radius 1 is 0.760 bits per heavy atom. The average Bonchev–Trinajstić information content (AvgIpc) is 2.66. The summed E-state index contributed by atoms with van der Waals surface area (Å²) in [7, 11) is 0. The van der Waals surface area contributed by atoms with E-state index in [4.69, 9.17) is 4.74 Å². The Morgan fingerprint density at radius 3 is 2.00 bits per heavy atom. The number of anilines is 1. The van der Waals surface area contributed by atoms with E-state index in [0.717, 1.165) is 0 Å². The van der Waals surface area contributed by atoms with Crippen LogP contribution < -0.4 is 10.1 Å². The summed E-state index contributed by atoms with van der Waals surface area (Å²) >= 11 is 3.37. The Kier molecular flexibility index (Phi) is 5.26. The van der Waals surface area contributed by atoms with Crippen LogP contribution in [0.1, 0.15) is 20.7 Å². The fraction of sp³-hybridized carbons (Fsp3) is 0. The number of hydrogen-bond donors (Lipinski definition) is 1. The summed E-state index contributed by atoms with van der Waals surface area (Å²) in [4.78, 5) is 24.7. The number of esters is 1. The van der Waals surface area contributed by atoms with E-state index in [2.05, 4.69) is 21.2 Å². The predicted molar refractivity (Wildman–Crippen MR) is 99.9 cm³/mol. The Morgan fingerprint density at radius 2 is 1.36 bits per heavy atom. The zero-order valence-corrected chi connectivity index (χ0v) is 14.7. The highest BCUT2D eigenvalue weighted by Crippen LogP contribution is 2.34. The van der Waals surface area contributed by atoms with Gasteiger partial charge in [0.1, 0.15) is 0 Å². The molecule has 3 rings (SSSR count). The zero-order chi connectivity index (χ0) is 17.6. The summed E-state index contributed by atoms with van der Waals surface area (Å²) in [5.74, 6) is -0.515. The lowest BCUT2D eigenvalue weighted by Gasteiger charge is -2.13. The molecular weight excluding hydrogens is 382 g/mol. The molecule has 0 saturated carbocycles. The summed E-state index contributed by atoms with van der Waals surface area (Å²) in [6.45, 7) is 0. The molecule has 25 heavy (non-hydrogen) atoms. The van der Waals surface area contributed by atoms with E-state index in [-0.39, 0.29) is 11.7 Å². The highest BCUT2D eigenvalue weighted by atomic mass is 79.9. The van der Waals surface area contributed by atoms with Crippen molar-refractivity contribution < 1.29 is 14.3 Å². The van der Waals surface area contributed by atoms with Gasteiger partial charge in [0.15, 0.2) is 5.75 Å². The first kappa shape index (κ1) is 16.9. The third-order valence-electron chi connectivity index (χ3n) is 3.46. The molecule has 0 radical (unpaired) electrons. The molecule has 3 aromatic rings. The third-order valence-corrected chi connectivity index (χ3v) is 4.08. The zero-order valence-electron chi connectivity index (χ0n) is 13.1. The number of benzene rings is 3. The number of nitrogens with one attached hydrogen (secondary N) is 1.